The number of hydrogen-bond acceptors (Lipinski definition) is 3. The van der Waals surface area contributed by atoms with Gasteiger partial charge in [-0.1, -0.05) is 23.2 Å². The van der Waals surface area contributed by atoms with Gasteiger partial charge in [-0.25, -0.2) is 0 Å². The molecule has 1 aromatic carbocycles. The normalized spacial score (nSPS) is 10.3. The molecule has 0 saturated heterocycles. The minimum atomic E-state index is -0.708. The number of halogens is 2. The molecule has 0 aliphatic heterocycles. The fourth-order valence-electron chi connectivity index (χ4n) is 1.25. The number of alkyl halides is 2. The third-order valence-electron chi connectivity index (χ3n) is 1.97. The van der Waals surface area contributed by atoms with Gasteiger partial charge in [-0.2, -0.15) is 0 Å². The molecule has 0 heterocycles. The number of rotatable bonds is 4. The zero-order chi connectivity index (χ0) is 11.4. The lowest BCUT2D eigenvalue weighted by atomic mass is 10.2. The van der Waals surface area contributed by atoms with Crippen LogP contribution in [0.5, 0.6) is 17.2 Å². The first-order valence-corrected chi connectivity index (χ1v) is 5.09. The van der Waals surface area contributed by atoms with Crippen LogP contribution in [0.25, 0.3) is 0 Å². The van der Waals surface area contributed by atoms with E-state index in [1.165, 1.54) is 14.2 Å². The zero-order valence-corrected chi connectivity index (χ0v) is 10.2. The van der Waals surface area contributed by atoms with Gasteiger partial charge in [-0.05, 0) is 0 Å². The first kappa shape index (κ1) is 12.3. The van der Waals surface area contributed by atoms with E-state index in [-0.39, 0.29) is 0 Å². The molecular weight excluding hydrogens is 239 g/mol. The van der Waals surface area contributed by atoms with Crippen LogP contribution in [-0.2, 0) is 0 Å². The maximum atomic E-state index is 5.83. The van der Waals surface area contributed by atoms with Gasteiger partial charge in [-0.3, -0.25) is 0 Å². The molecule has 0 aliphatic rings. The summed E-state index contributed by atoms with van der Waals surface area (Å²) in [6.45, 7) is 0. The summed E-state index contributed by atoms with van der Waals surface area (Å²) in [5.41, 5.74) is 0.601. The van der Waals surface area contributed by atoms with Crippen molar-refractivity contribution in [2.24, 2.45) is 0 Å². The molecule has 0 fully saturated rings. The second kappa shape index (κ2) is 5.33. The Morgan fingerprint density at radius 2 is 1.40 bits per heavy atom. The SMILES string of the molecule is COc1cc(OC)c(C(Cl)Cl)c(OC)c1. The van der Waals surface area contributed by atoms with Gasteiger partial charge in [0.15, 0.2) is 0 Å². The van der Waals surface area contributed by atoms with Crippen LogP contribution in [0, 0.1) is 0 Å². The van der Waals surface area contributed by atoms with Crippen molar-refractivity contribution in [1.29, 1.82) is 0 Å². The summed E-state index contributed by atoms with van der Waals surface area (Å²) in [6, 6.07) is 3.41. The Labute approximate surface area is 98.8 Å². The highest BCUT2D eigenvalue weighted by molar-refractivity contribution is 6.44. The maximum absolute atomic E-state index is 5.83. The van der Waals surface area contributed by atoms with Crippen molar-refractivity contribution in [3.05, 3.63) is 17.7 Å². The standard InChI is InChI=1S/C10H12Cl2O3/c1-13-6-4-7(14-2)9(10(11)12)8(5-6)15-3/h4-5,10H,1-3H3. The van der Waals surface area contributed by atoms with E-state index in [1.54, 1.807) is 19.2 Å². The Bertz CT molecular complexity index is 314. The maximum Gasteiger partial charge on any atom is 0.139 e. The van der Waals surface area contributed by atoms with E-state index in [9.17, 15) is 0 Å². The lowest BCUT2D eigenvalue weighted by Gasteiger charge is -2.15. The molecule has 0 aliphatic carbocycles. The van der Waals surface area contributed by atoms with Crippen molar-refractivity contribution in [2.45, 2.75) is 4.84 Å². The van der Waals surface area contributed by atoms with Gasteiger partial charge < -0.3 is 14.2 Å². The van der Waals surface area contributed by atoms with Gasteiger partial charge in [-0.15, -0.1) is 0 Å². The van der Waals surface area contributed by atoms with Crippen LogP contribution in [0.3, 0.4) is 0 Å². The molecule has 5 heteroatoms. The molecule has 0 unspecified atom stereocenters. The molecule has 0 amide bonds. The first-order valence-electron chi connectivity index (χ1n) is 4.22. The Kier molecular flexibility index (Phi) is 4.36. The predicted octanol–water partition coefficient (Wildman–Crippen LogP) is 3.19. The highest BCUT2D eigenvalue weighted by atomic mass is 35.5. The monoisotopic (exact) mass is 250 g/mol. The summed E-state index contributed by atoms with van der Waals surface area (Å²) >= 11 is 11.7. The van der Waals surface area contributed by atoms with Gasteiger partial charge in [0, 0.05) is 12.1 Å². The van der Waals surface area contributed by atoms with Crippen molar-refractivity contribution in [3.63, 3.8) is 0 Å². The largest absolute Gasteiger partial charge is 0.496 e. The predicted molar refractivity (Wildman–Crippen MR) is 60.5 cm³/mol. The highest BCUT2D eigenvalue weighted by Gasteiger charge is 2.18. The molecule has 0 radical (unpaired) electrons. The van der Waals surface area contributed by atoms with Crippen LogP contribution in [0.4, 0.5) is 0 Å². The highest BCUT2D eigenvalue weighted by Crippen LogP contribution is 2.42. The molecule has 15 heavy (non-hydrogen) atoms. The van der Waals surface area contributed by atoms with Crippen LogP contribution in [0.2, 0.25) is 0 Å². The van der Waals surface area contributed by atoms with E-state index < -0.39 is 4.84 Å². The fourth-order valence-corrected chi connectivity index (χ4v) is 1.68. The van der Waals surface area contributed by atoms with E-state index in [0.717, 1.165) is 0 Å². The van der Waals surface area contributed by atoms with E-state index >= 15 is 0 Å². The Morgan fingerprint density at radius 3 is 1.67 bits per heavy atom. The average molecular weight is 251 g/mol. The molecule has 0 N–H and O–H groups in total. The summed E-state index contributed by atoms with van der Waals surface area (Å²) in [4.78, 5) is -0.708. The Hall–Kier alpha value is -0.800. The average Bonchev–Trinajstić information content (AvgIpc) is 2.26. The lowest BCUT2D eigenvalue weighted by Crippen LogP contribution is -1.97. The van der Waals surface area contributed by atoms with Crippen LogP contribution >= 0.6 is 23.2 Å². The Balaban J connectivity index is 3.32. The summed E-state index contributed by atoms with van der Waals surface area (Å²) in [7, 11) is 4.63. The minimum Gasteiger partial charge on any atom is -0.496 e. The topological polar surface area (TPSA) is 27.7 Å². The van der Waals surface area contributed by atoms with Crippen LogP contribution in [-0.4, -0.2) is 21.3 Å². The molecule has 0 atom stereocenters. The minimum absolute atomic E-state index is 0.543. The third kappa shape index (κ3) is 2.61. The van der Waals surface area contributed by atoms with Gasteiger partial charge in [0.2, 0.25) is 0 Å². The fraction of sp³-hybridized carbons (Fsp3) is 0.400. The van der Waals surface area contributed by atoms with Crippen LogP contribution in [0.15, 0.2) is 12.1 Å². The van der Waals surface area contributed by atoms with Crippen molar-refractivity contribution < 1.29 is 14.2 Å². The number of methoxy groups -OCH3 is 3. The number of benzene rings is 1. The molecule has 0 spiro atoms. The van der Waals surface area contributed by atoms with Gasteiger partial charge in [0.05, 0.1) is 26.9 Å². The molecule has 0 aromatic heterocycles. The second-order valence-corrected chi connectivity index (χ2v) is 3.84. The van der Waals surface area contributed by atoms with Gasteiger partial charge >= 0.3 is 0 Å². The lowest BCUT2D eigenvalue weighted by molar-refractivity contribution is 0.370. The van der Waals surface area contributed by atoms with Crippen LogP contribution in [0.1, 0.15) is 10.4 Å². The van der Waals surface area contributed by atoms with Crippen molar-refractivity contribution >= 4 is 23.2 Å². The summed E-state index contributed by atoms with van der Waals surface area (Å²) < 4.78 is 15.4. The van der Waals surface area contributed by atoms with E-state index in [0.29, 0.717) is 22.8 Å². The first-order chi connectivity index (χ1) is 7.13. The van der Waals surface area contributed by atoms with Gasteiger partial charge in [0.25, 0.3) is 0 Å². The summed E-state index contributed by atoms with van der Waals surface area (Å²) in [6.07, 6.45) is 0. The smallest absolute Gasteiger partial charge is 0.139 e. The third-order valence-corrected chi connectivity index (χ3v) is 2.41. The van der Waals surface area contributed by atoms with Crippen LogP contribution < -0.4 is 14.2 Å². The summed E-state index contributed by atoms with van der Waals surface area (Å²) in [5, 5.41) is 0. The van der Waals surface area contributed by atoms with Crippen molar-refractivity contribution in [3.8, 4) is 17.2 Å². The van der Waals surface area contributed by atoms with E-state index in [2.05, 4.69) is 0 Å². The van der Waals surface area contributed by atoms with Gasteiger partial charge in [0.1, 0.15) is 22.1 Å². The molecule has 0 saturated carbocycles. The Morgan fingerprint density at radius 1 is 0.933 bits per heavy atom. The van der Waals surface area contributed by atoms with E-state index in [1.807, 2.05) is 0 Å². The zero-order valence-electron chi connectivity index (χ0n) is 8.71. The molecular formula is C10H12Cl2O3. The second-order valence-electron chi connectivity index (χ2n) is 2.75. The number of hydrogen-bond donors (Lipinski definition) is 0. The summed E-state index contributed by atoms with van der Waals surface area (Å²) in [5.74, 6) is 1.71. The number of ether oxygens (including phenoxy) is 3. The molecule has 0 bridgehead atoms. The molecule has 84 valence electrons. The molecule has 1 aromatic rings. The molecule has 3 nitrogen and oxygen atoms in total. The quantitative estimate of drug-likeness (QED) is 0.769. The van der Waals surface area contributed by atoms with E-state index in [4.69, 9.17) is 37.4 Å². The van der Waals surface area contributed by atoms with Crippen molar-refractivity contribution in [2.75, 3.05) is 21.3 Å². The molecule has 1 rings (SSSR count). The van der Waals surface area contributed by atoms with Crippen molar-refractivity contribution in [1.82, 2.24) is 0 Å².